The van der Waals surface area contributed by atoms with E-state index in [1.165, 1.54) is 6.07 Å². The van der Waals surface area contributed by atoms with Gasteiger partial charge in [0.05, 0.1) is 5.52 Å². The number of rotatable bonds is 1. The number of fused-ring (bicyclic) bond motifs is 1. The summed E-state index contributed by atoms with van der Waals surface area (Å²) in [6.45, 7) is 0. The van der Waals surface area contributed by atoms with Gasteiger partial charge in [0.2, 0.25) is 0 Å². The monoisotopic (exact) mass is 268 g/mol. The number of hydrogen-bond donors (Lipinski definition) is 4. The molecule has 5 N–H and O–H groups in total. The fourth-order valence-corrected chi connectivity index (χ4v) is 1.48. The molecular weight excluding hydrogens is 256 g/mol. The molecule has 0 atom stereocenters. The van der Waals surface area contributed by atoms with Crippen LogP contribution in [0.4, 0.5) is 0 Å². The van der Waals surface area contributed by atoms with Gasteiger partial charge in [-0.05, 0) is 12.1 Å². The van der Waals surface area contributed by atoms with Crippen molar-refractivity contribution in [2.45, 2.75) is 0 Å². The highest BCUT2D eigenvalue weighted by Crippen LogP contribution is 2.24. The van der Waals surface area contributed by atoms with E-state index in [4.69, 9.17) is 5.73 Å². The van der Waals surface area contributed by atoms with Gasteiger partial charge in [0, 0.05) is 12.4 Å². The highest BCUT2D eigenvalue weighted by molar-refractivity contribution is 6.04. The summed E-state index contributed by atoms with van der Waals surface area (Å²) in [7, 11) is 1.57. The van der Waals surface area contributed by atoms with Gasteiger partial charge in [0.1, 0.15) is 11.4 Å². The Hall–Kier alpha value is -2.21. The molecule has 0 aliphatic heterocycles. The van der Waals surface area contributed by atoms with Crippen molar-refractivity contribution in [3.8, 4) is 5.75 Å². The fraction of sp³-hybridized carbons (Fsp3) is 0.0909. The summed E-state index contributed by atoms with van der Waals surface area (Å²) < 4.78 is 0. The number of guanidine groups is 1. The summed E-state index contributed by atoms with van der Waals surface area (Å²) >= 11 is 0. The van der Waals surface area contributed by atoms with Crippen LogP contribution in [0.1, 0.15) is 10.5 Å². The van der Waals surface area contributed by atoms with Gasteiger partial charge in [-0.15, -0.1) is 12.4 Å². The molecule has 1 aromatic heterocycles. The van der Waals surface area contributed by atoms with E-state index in [0.717, 1.165) is 5.39 Å². The first kappa shape index (κ1) is 13.9. The first-order valence-electron chi connectivity index (χ1n) is 4.98. The number of nitrogens with two attached hydrogens (primary N) is 1. The summed E-state index contributed by atoms with van der Waals surface area (Å²) in [6, 6.07) is 6.64. The minimum absolute atomic E-state index is 0. The molecular formula is C11H13ClN4O2. The van der Waals surface area contributed by atoms with Gasteiger partial charge in [0.15, 0.2) is 5.96 Å². The van der Waals surface area contributed by atoms with E-state index in [1.807, 2.05) is 0 Å². The van der Waals surface area contributed by atoms with E-state index in [2.05, 4.69) is 15.3 Å². The number of phenols is 1. The number of nitrogens with one attached hydrogen (secondary N) is 2. The van der Waals surface area contributed by atoms with Crippen LogP contribution >= 0.6 is 12.4 Å². The van der Waals surface area contributed by atoms with E-state index in [-0.39, 0.29) is 29.8 Å². The molecule has 7 heteroatoms. The maximum atomic E-state index is 11.7. The number of aromatic nitrogens is 1. The van der Waals surface area contributed by atoms with E-state index < -0.39 is 5.91 Å². The molecule has 6 nitrogen and oxygen atoms in total. The van der Waals surface area contributed by atoms with Crippen LogP contribution in [0.2, 0.25) is 0 Å². The van der Waals surface area contributed by atoms with Crippen LogP contribution in [-0.4, -0.2) is 29.0 Å². The molecule has 2 aromatic rings. The molecule has 1 aromatic carbocycles. The normalized spacial score (nSPS) is 11.1. The highest BCUT2D eigenvalue weighted by Gasteiger charge is 2.10. The molecule has 0 aliphatic carbocycles. The Morgan fingerprint density at radius 1 is 1.50 bits per heavy atom. The van der Waals surface area contributed by atoms with Gasteiger partial charge in [-0.2, -0.15) is 4.99 Å². The van der Waals surface area contributed by atoms with Crippen molar-refractivity contribution in [1.82, 2.24) is 10.3 Å². The zero-order valence-electron chi connectivity index (χ0n) is 9.60. The largest absolute Gasteiger partial charge is 0.506 e. The standard InChI is InChI=1S/C11H12N4O2.ClH/c1-13-11(12)15-10(17)7-5-6-3-2-4-8(16)9(6)14-7;/h2-5,14,16H,1H3,(H3,12,13,15,17);1H. The molecule has 0 saturated carbocycles. The fourth-order valence-electron chi connectivity index (χ4n) is 1.48. The van der Waals surface area contributed by atoms with Crippen LogP contribution in [0.15, 0.2) is 29.3 Å². The van der Waals surface area contributed by atoms with Crippen molar-refractivity contribution in [2.24, 2.45) is 10.7 Å². The molecule has 0 fully saturated rings. The number of carbonyl (C=O) groups excluding carboxylic acids is 1. The van der Waals surface area contributed by atoms with Crippen LogP contribution < -0.4 is 11.1 Å². The lowest BCUT2D eigenvalue weighted by Crippen LogP contribution is -2.28. The topological polar surface area (TPSA) is 104 Å². The molecule has 1 amide bonds. The second-order valence-electron chi connectivity index (χ2n) is 3.48. The van der Waals surface area contributed by atoms with Crippen LogP contribution in [0.3, 0.4) is 0 Å². The maximum Gasteiger partial charge on any atom is 0.296 e. The number of aromatic amines is 1. The zero-order valence-corrected chi connectivity index (χ0v) is 10.4. The Bertz CT molecular complexity index is 606. The first-order valence-corrected chi connectivity index (χ1v) is 4.98. The Morgan fingerprint density at radius 2 is 2.22 bits per heavy atom. The minimum atomic E-state index is -0.493. The van der Waals surface area contributed by atoms with Gasteiger partial charge in [-0.25, -0.2) is 0 Å². The Kier molecular flexibility index (Phi) is 4.17. The van der Waals surface area contributed by atoms with E-state index in [9.17, 15) is 9.90 Å². The molecule has 0 bridgehead atoms. The second-order valence-corrected chi connectivity index (χ2v) is 3.48. The van der Waals surface area contributed by atoms with Crippen LogP contribution in [0.5, 0.6) is 5.75 Å². The molecule has 2 rings (SSSR count). The van der Waals surface area contributed by atoms with Gasteiger partial charge < -0.3 is 21.1 Å². The second kappa shape index (κ2) is 5.42. The Labute approximate surface area is 109 Å². The average Bonchev–Trinajstić information content (AvgIpc) is 2.74. The molecule has 0 saturated heterocycles. The van der Waals surface area contributed by atoms with Crippen LogP contribution in [0, 0.1) is 0 Å². The van der Waals surface area contributed by atoms with Crippen molar-refractivity contribution in [1.29, 1.82) is 0 Å². The molecule has 0 aliphatic rings. The number of para-hydroxylation sites is 1. The van der Waals surface area contributed by atoms with Crippen molar-refractivity contribution in [2.75, 3.05) is 7.05 Å². The van der Waals surface area contributed by atoms with Crippen LogP contribution in [-0.2, 0) is 0 Å². The first-order chi connectivity index (χ1) is 8.11. The number of aliphatic imine (C=N–C) groups is 1. The number of benzene rings is 1. The molecule has 96 valence electrons. The average molecular weight is 269 g/mol. The highest BCUT2D eigenvalue weighted by atomic mass is 35.5. The number of H-pyrrole nitrogens is 1. The zero-order chi connectivity index (χ0) is 12.4. The Morgan fingerprint density at radius 3 is 2.83 bits per heavy atom. The van der Waals surface area contributed by atoms with Gasteiger partial charge in [-0.1, -0.05) is 12.1 Å². The lowest BCUT2D eigenvalue weighted by molar-refractivity contribution is 0.0998. The van der Waals surface area contributed by atoms with Gasteiger partial charge >= 0.3 is 0 Å². The van der Waals surface area contributed by atoms with Crippen molar-refractivity contribution >= 4 is 35.2 Å². The molecule has 18 heavy (non-hydrogen) atoms. The number of nitrogens with zero attached hydrogens (tertiary/aromatic N) is 1. The summed E-state index contributed by atoms with van der Waals surface area (Å²) in [5.74, 6) is -0.363. The molecule has 0 spiro atoms. The summed E-state index contributed by atoms with van der Waals surface area (Å²) in [5.41, 5.74) is 6.18. The number of hydrogen-bond acceptors (Lipinski definition) is 2. The van der Waals surface area contributed by atoms with Crippen molar-refractivity contribution in [3.05, 3.63) is 30.0 Å². The van der Waals surface area contributed by atoms with E-state index in [0.29, 0.717) is 5.52 Å². The molecule has 0 unspecified atom stereocenters. The number of amides is 1. The SMILES string of the molecule is CNC(N)=NC(=O)c1cc2cccc(O)c2[nH]1.Cl. The lowest BCUT2D eigenvalue weighted by atomic mass is 10.2. The lowest BCUT2D eigenvalue weighted by Gasteiger charge is -1.95. The third-order valence-electron chi connectivity index (χ3n) is 2.34. The van der Waals surface area contributed by atoms with Crippen LogP contribution in [0.25, 0.3) is 10.9 Å². The van der Waals surface area contributed by atoms with E-state index >= 15 is 0 Å². The van der Waals surface area contributed by atoms with Gasteiger partial charge in [-0.3, -0.25) is 4.79 Å². The quantitative estimate of drug-likeness (QED) is 0.457. The van der Waals surface area contributed by atoms with E-state index in [1.54, 1.807) is 25.2 Å². The molecule has 1 heterocycles. The third-order valence-corrected chi connectivity index (χ3v) is 2.34. The van der Waals surface area contributed by atoms with Gasteiger partial charge in [0.25, 0.3) is 5.91 Å². The van der Waals surface area contributed by atoms with Crippen molar-refractivity contribution < 1.29 is 9.90 Å². The number of halogens is 1. The number of aromatic hydroxyl groups is 1. The predicted molar refractivity (Wildman–Crippen MR) is 72.2 cm³/mol. The Balaban J connectivity index is 0.00000162. The maximum absolute atomic E-state index is 11.7. The summed E-state index contributed by atoms with van der Waals surface area (Å²) in [6.07, 6.45) is 0. The summed E-state index contributed by atoms with van der Waals surface area (Å²) in [4.78, 5) is 18.1. The minimum Gasteiger partial charge on any atom is -0.506 e. The number of phenolic OH excluding ortho intramolecular Hbond substituents is 1. The predicted octanol–water partition coefficient (Wildman–Crippen LogP) is 0.970. The smallest absolute Gasteiger partial charge is 0.296 e. The summed E-state index contributed by atoms with van der Waals surface area (Å²) in [5, 5.41) is 12.9. The van der Waals surface area contributed by atoms with Crippen molar-refractivity contribution in [3.63, 3.8) is 0 Å². The third kappa shape index (κ3) is 2.54. The molecule has 0 radical (unpaired) electrons. The number of carbonyl (C=O) groups is 1.